The maximum Gasteiger partial charge on any atom is 0.171 e. The summed E-state index contributed by atoms with van der Waals surface area (Å²) in [7, 11) is 0. The van der Waals surface area contributed by atoms with E-state index < -0.39 is 5.54 Å². The van der Waals surface area contributed by atoms with Crippen LogP contribution in [0.25, 0.3) is 0 Å². The molecule has 0 unspecified atom stereocenters. The Kier molecular flexibility index (Phi) is 2.47. The average molecular weight is 197 g/mol. The molecule has 0 radical (unpaired) electrons. The lowest BCUT2D eigenvalue weighted by atomic mass is 9.90. The quantitative estimate of drug-likeness (QED) is 0.701. The molecule has 1 saturated heterocycles. The van der Waals surface area contributed by atoms with Crippen molar-refractivity contribution in [1.29, 1.82) is 0 Å². The molecular formula is C8H15N5O. The van der Waals surface area contributed by atoms with Gasteiger partial charge in [0.05, 0.1) is 5.54 Å². The second kappa shape index (κ2) is 3.62. The summed E-state index contributed by atoms with van der Waals surface area (Å²) in [5.41, 5.74) is 5.85. The van der Waals surface area contributed by atoms with Crippen LogP contribution < -0.4 is 5.73 Å². The first-order valence-corrected chi connectivity index (χ1v) is 4.89. The second-order valence-corrected chi connectivity index (χ2v) is 3.59. The summed E-state index contributed by atoms with van der Waals surface area (Å²) in [4.78, 5) is 0. The van der Waals surface area contributed by atoms with Crippen LogP contribution in [0.4, 0.5) is 0 Å². The zero-order chi connectivity index (χ0) is 10.0. The molecule has 0 bridgehead atoms. The molecule has 0 saturated carbocycles. The van der Waals surface area contributed by atoms with Gasteiger partial charge >= 0.3 is 0 Å². The first-order chi connectivity index (χ1) is 6.76. The molecule has 1 fully saturated rings. The van der Waals surface area contributed by atoms with E-state index in [1.807, 2.05) is 6.92 Å². The highest BCUT2D eigenvalue weighted by Crippen LogP contribution is 2.26. The van der Waals surface area contributed by atoms with E-state index in [1.54, 1.807) is 4.68 Å². The average Bonchev–Trinajstić information content (AvgIpc) is 2.67. The number of aryl methyl sites for hydroxylation is 1. The Balaban J connectivity index is 2.27. The third kappa shape index (κ3) is 1.51. The number of tetrazole rings is 1. The minimum absolute atomic E-state index is 0.405. The van der Waals surface area contributed by atoms with Gasteiger partial charge in [-0.3, -0.25) is 0 Å². The van der Waals surface area contributed by atoms with Gasteiger partial charge in [-0.1, -0.05) is 0 Å². The van der Waals surface area contributed by atoms with Crippen molar-refractivity contribution in [2.75, 3.05) is 13.2 Å². The van der Waals surface area contributed by atoms with Crippen LogP contribution in [0.1, 0.15) is 25.6 Å². The van der Waals surface area contributed by atoms with E-state index in [1.165, 1.54) is 0 Å². The van der Waals surface area contributed by atoms with E-state index in [-0.39, 0.29) is 0 Å². The Hall–Kier alpha value is -1.01. The molecule has 2 heterocycles. The van der Waals surface area contributed by atoms with E-state index in [0.29, 0.717) is 13.2 Å². The predicted molar refractivity (Wildman–Crippen MR) is 49.4 cm³/mol. The van der Waals surface area contributed by atoms with Crippen LogP contribution in [0.3, 0.4) is 0 Å². The smallest absolute Gasteiger partial charge is 0.171 e. The number of ether oxygens (including phenoxy) is 1. The zero-order valence-electron chi connectivity index (χ0n) is 8.31. The third-order valence-electron chi connectivity index (χ3n) is 2.66. The van der Waals surface area contributed by atoms with Crippen molar-refractivity contribution in [3.8, 4) is 0 Å². The molecule has 78 valence electrons. The molecule has 14 heavy (non-hydrogen) atoms. The topological polar surface area (TPSA) is 78.9 Å². The van der Waals surface area contributed by atoms with Crippen molar-refractivity contribution in [2.24, 2.45) is 5.73 Å². The van der Waals surface area contributed by atoms with Crippen molar-refractivity contribution in [3.05, 3.63) is 5.82 Å². The van der Waals surface area contributed by atoms with Gasteiger partial charge in [-0.05, 0) is 30.2 Å². The van der Waals surface area contributed by atoms with Crippen LogP contribution in [0.2, 0.25) is 0 Å². The maximum absolute atomic E-state index is 6.26. The first kappa shape index (κ1) is 9.54. The van der Waals surface area contributed by atoms with Crippen LogP contribution in [0.15, 0.2) is 0 Å². The van der Waals surface area contributed by atoms with Crippen molar-refractivity contribution in [2.45, 2.75) is 31.8 Å². The highest BCUT2D eigenvalue weighted by Gasteiger charge is 2.35. The Morgan fingerprint density at radius 2 is 2.21 bits per heavy atom. The molecule has 0 aromatic carbocycles. The Morgan fingerprint density at radius 1 is 1.50 bits per heavy atom. The maximum atomic E-state index is 6.26. The van der Waals surface area contributed by atoms with E-state index in [0.717, 1.165) is 25.2 Å². The van der Waals surface area contributed by atoms with E-state index in [2.05, 4.69) is 15.5 Å². The SMILES string of the molecule is CCn1nnnc1C1(N)CCOCC1. The van der Waals surface area contributed by atoms with Crippen molar-refractivity contribution in [1.82, 2.24) is 20.2 Å². The van der Waals surface area contributed by atoms with Gasteiger partial charge in [0.1, 0.15) is 0 Å². The fourth-order valence-corrected chi connectivity index (χ4v) is 1.73. The zero-order valence-corrected chi connectivity index (χ0v) is 8.31. The summed E-state index contributed by atoms with van der Waals surface area (Å²) >= 11 is 0. The van der Waals surface area contributed by atoms with Gasteiger partial charge in [0, 0.05) is 19.8 Å². The molecule has 0 aliphatic carbocycles. The first-order valence-electron chi connectivity index (χ1n) is 4.89. The molecular weight excluding hydrogens is 182 g/mol. The van der Waals surface area contributed by atoms with Crippen LogP contribution in [-0.2, 0) is 16.8 Å². The monoisotopic (exact) mass is 197 g/mol. The van der Waals surface area contributed by atoms with Gasteiger partial charge in [-0.15, -0.1) is 5.10 Å². The van der Waals surface area contributed by atoms with Gasteiger partial charge in [0.2, 0.25) is 0 Å². The van der Waals surface area contributed by atoms with Crippen molar-refractivity contribution < 1.29 is 4.74 Å². The minimum atomic E-state index is -0.405. The molecule has 1 aromatic heterocycles. The van der Waals surface area contributed by atoms with Crippen LogP contribution >= 0.6 is 0 Å². The van der Waals surface area contributed by atoms with E-state index >= 15 is 0 Å². The molecule has 2 rings (SSSR count). The molecule has 6 heteroatoms. The number of nitrogens with zero attached hydrogens (tertiary/aromatic N) is 4. The molecule has 0 atom stereocenters. The normalized spacial score (nSPS) is 21.0. The Labute approximate surface area is 82.4 Å². The summed E-state index contributed by atoms with van der Waals surface area (Å²) in [6, 6.07) is 0. The lowest BCUT2D eigenvalue weighted by Gasteiger charge is -2.31. The van der Waals surface area contributed by atoms with E-state index in [4.69, 9.17) is 10.5 Å². The molecule has 1 aromatic rings. The number of aromatic nitrogens is 4. The molecule has 6 nitrogen and oxygen atoms in total. The highest BCUT2D eigenvalue weighted by molar-refractivity contribution is 5.04. The summed E-state index contributed by atoms with van der Waals surface area (Å²) in [5.74, 6) is 0.781. The van der Waals surface area contributed by atoms with E-state index in [9.17, 15) is 0 Å². The number of nitrogens with two attached hydrogens (primary N) is 1. The van der Waals surface area contributed by atoms with Gasteiger partial charge in [0.15, 0.2) is 5.82 Å². The fourth-order valence-electron chi connectivity index (χ4n) is 1.73. The standard InChI is InChI=1S/C8H15N5O/c1-2-13-7(10-11-12-13)8(9)3-5-14-6-4-8/h2-6,9H2,1H3. The molecule has 0 amide bonds. The summed E-state index contributed by atoms with van der Waals surface area (Å²) in [5, 5.41) is 11.5. The molecule has 2 N–H and O–H groups in total. The van der Waals surface area contributed by atoms with Crippen LogP contribution in [0, 0.1) is 0 Å². The predicted octanol–water partition coefficient (Wildman–Crippen LogP) is -0.343. The van der Waals surface area contributed by atoms with Crippen LogP contribution in [0.5, 0.6) is 0 Å². The van der Waals surface area contributed by atoms with Crippen molar-refractivity contribution >= 4 is 0 Å². The summed E-state index contributed by atoms with van der Waals surface area (Å²) in [6.07, 6.45) is 1.57. The van der Waals surface area contributed by atoms with Gasteiger partial charge in [0.25, 0.3) is 0 Å². The minimum Gasteiger partial charge on any atom is -0.381 e. The summed E-state index contributed by atoms with van der Waals surface area (Å²) in [6.45, 7) is 4.13. The largest absolute Gasteiger partial charge is 0.381 e. The fraction of sp³-hybridized carbons (Fsp3) is 0.875. The van der Waals surface area contributed by atoms with Gasteiger partial charge in [-0.25, -0.2) is 4.68 Å². The molecule has 0 spiro atoms. The Morgan fingerprint density at radius 3 is 2.86 bits per heavy atom. The van der Waals surface area contributed by atoms with Gasteiger partial charge < -0.3 is 10.5 Å². The van der Waals surface area contributed by atoms with Crippen LogP contribution in [-0.4, -0.2) is 33.4 Å². The van der Waals surface area contributed by atoms with Crippen molar-refractivity contribution in [3.63, 3.8) is 0 Å². The lowest BCUT2D eigenvalue weighted by molar-refractivity contribution is 0.0475. The second-order valence-electron chi connectivity index (χ2n) is 3.59. The summed E-state index contributed by atoms with van der Waals surface area (Å²) < 4.78 is 7.03. The highest BCUT2D eigenvalue weighted by atomic mass is 16.5. The Bertz CT molecular complexity index is 304. The van der Waals surface area contributed by atoms with Gasteiger partial charge in [-0.2, -0.15) is 0 Å². The molecule has 1 aliphatic heterocycles. The third-order valence-corrected chi connectivity index (χ3v) is 2.66. The lowest BCUT2D eigenvalue weighted by Crippen LogP contribution is -2.44. The number of hydrogen-bond acceptors (Lipinski definition) is 5. The number of hydrogen-bond donors (Lipinski definition) is 1. The number of rotatable bonds is 2. The molecule has 1 aliphatic rings.